The first-order chi connectivity index (χ1) is 19.8. The smallest absolute Gasteiger partial charge is 0.255 e. The van der Waals surface area contributed by atoms with E-state index in [1.165, 1.54) is 0 Å². The molecule has 206 valence electrons. The van der Waals surface area contributed by atoms with Crippen LogP contribution in [0.3, 0.4) is 0 Å². The van der Waals surface area contributed by atoms with Crippen molar-refractivity contribution in [3.05, 3.63) is 125 Å². The van der Waals surface area contributed by atoms with Crippen LogP contribution >= 0.6 is 11.6 Å². The predicted octanol–water partition coefficient (Wildman–Crippen LogP) is 8.10. The summed E-state index contributed by atoms with van der Waals surface area (Å²) in [6, 6.07) is 32.2. The minimum Gasteiger partial charge on any atom is -0.343 e. The molecule has 4 aromatic carbocycles. The van der Waals surface area contributed by atoms with Crippen LogP contribution in [0.1, 0.15) is 47.8 Å². The number of carbonyl (C=O) groups excluding carboxylic acids is 2. The lowest BCUT2D eigenvalue weighted by Crippen LogP contribution is -2.47. The SMILES string of the molecule is CC(C)CC(C(=O)Nc1ccc(Cl)cc1)N1C(=O)c2ccccc2C1c1c(-c2ccccc2)n(C)c2ccccc12. The first-order valence-electron chi connectivity index (χ1n) is 14.0. The fourth-order valence-electron chi connectivity index (χ4n) is 6.15. The Morgan fingerprint density at radius 1 is 0.878 bits per heavy atom. The highest BCUT2D eigenvalue weighted by Crippen LogP contribution is 2.47. The lowest BCUT2D eigenvalue weighted by atomic mass is 9.91. The van der Waals surface area contributed by atoms with Crippen LogP contribution in [0.5, 0.6) is 0 Å². The summed E-state index contributed by atoms with van der Waals surface area (Å²) in [6.07, 6.45) is 0.515. The molecule has 0 saturated carbocycles. The summed E-state index contributed by atoms with van der Waals surface area (Å²) in [5, 5.41) is 4.72. The maximum atomic E-state index is 14.3. The number of anilines is 1. The average Bonchev–Trinajstić information content (AvgIpc) is 3.43. The minimum absolute atomic E-state index is 0.130. The van der Waals surface area contributed by atoms with Gasteiger partial charge in [0.05, 0.1) is 11.7 Å². The largest absolute Gasteiger partial charge is 0.343 e. The summed E-state index contributed by atoms with van der Waals surface area (Å²) in [4.78, 5) is 30.2. The summed E-state index contributed by atoms with van der Waals surface area (Å²) in [6.45, 7) is 4.16. The third-order valence-corrected chi connectivity index (χ3v) is 8.16. The van der Waals surface area contributed by atoms with E-state index in [2.05, 4.69) is 55.0 Å². The standard InChI is InChI=1S/C35H32ClN3O2/c1-22(2)21-30(34(40)37-25-19-17-24(36)18-20-25)39-33(26-13-7-8-14-27(26)35(39)41)31-28-15-9-10-16-29(28)38(3)32(31)23-11-5-4-6-12-23/h4-20,22,30,33H,21H2,1-3H3,(H,37,40). The quantitative estimate of drug-likeness (QED) is 0.218. The summed E-state index contributed by atoms with van der Waals surface area (Å²) in [5.41, 5.74) is 6.39. The lowest BCUT2D eigenvalue weighted by Gasteiger charge is -2.34. The zero-order valence-electron chi connectivity index (χ0n) is 23.3. The van der Waals surface area contributed by atoms with Gasteiger partial charge in [-0.1, -0.05) is 92.2 Å². The van der Waals surface area contributed by atoms with Gasteiger partial charge in [0.25, 0.3) is 5.91 Å². The monoisotopic (exact) mass is 561 g/mol. The third-order valence-electron chi connectivity index (χ3n) is 7.91. The molecule has 0 fully saturated rings. The number of amides is 2. The van der Waals surface area contributed by atoms with Gasteiger partial charge in [-0.25, -0.2) is 0 Å². The van der Waals surface area contributed by atoms with Gasteiger partial charge in [-0.05, 0) is 59.9 Å². The Hall–Kier alpha value is -4.35. The summed E-state index contributed by atoms with van der Waals surface area (Å²) >= 11 is 6.09. The maximum Gasteiger partial charge on any atom is 0.255 e. The van der Waals surface area contributed by atoms with E-state index in [-0.39, 0.29) is 17.7 Å². The number of aromatic nitrogens is 1. The molecule has 2 heterocycles. The fourth-order valence-corrected chi connectivity index (χ4v) is 6.28. The zero-order chi connectivity index (χ0) is 28.7. The number of hydrogen-bond acceptors (Lipinski definition) is 2. The van der Waals surface area contributed by atoms with Gasteiger partial charge < -0.3 is 14.8 Å². The van der Waals surface area contributed by atoms with Gasteiger partial charge in [0, 0.05) is 39.8 Å². The number of aryl methyl sites for hydroxylation is 1. The van der Waals surface area contributed by atoms with E-state index >= 15 is 0 Å². The van der Waals surface area contributed by atoms with Crippen LogP contribution in [0.15, 0.2) is 103 Å². The van der Waals surface area contributed by atoms with E-state index in [1.54, 1.807) is 24.3 Å². The van der Waals surface area contributed by atoms with Gasteiger partial charge in [-0.2, -0.15) is 0 Å². The Bertz CT molecular complexity index is 1740. The number of hydrogen-bond donors (Lipinski definition) is 1. The van der Waals surface area contributed by atoms with Gasteiger partial charge in [0.1, 0.15) is 6.04 Å². The van der Waals surface area contributed by atoms with Crippen molar-refractivity contribution in [2.24, 2.45) is 13.0 Å². The second-order valence-electron chi connectivity index (χ2n) is 11.0. The molecule has 6 rings (SSSR count). The number of benzene rings is 4. The van der Waals surface area contributed by atoms with E-state index in [0.717, 1.165) is 33.3 Å². The minimum atomic E-state index is -0.696. The lowest BCUT2D eigenvalue weighted by molar-refractivity contribution is -0.121. The van der Waals surface area contributed by atoms with Crippen molar-refractivity contribution in [3.63, 3.8) is 0 Å². The van der Waals surface area contributed by atoms with Crippen molar-refractivity contribution in [1.29, 1.82) is 0 Å². The molecule has 0 spiro atoms. The van der Waals surface area contributed by atoms with Gasteiger partial charge >= 0.3 is 0 Å². The molecular weight excluding hydrogens is 530 g/mol. The summed E-state index contributed by atoms with van der Waals surface area (Å²) in [5.74, 6) is -0.169. The van der Waals surface area contributed by atoms with Gasteiger partial charge in [0.2, 0.25) is 5.91 Å². The molecule has 1 aliphatic rings. The highest BCUT2D eigenvalue weighted by Gasteiger charge is 2.46. The average molecular weight is 562 g/mol. The van der Waals surface area contributed by atoms with Crippen molar-refractivity contribution in [1.82, 2.24) is 9.47 Å². The molecule has 2 atom stereocenters. The fraction of sp³-hybridized carbons (Fsp3) is 0.200. The number of nitrogens with one attached hydrogen (secondary N) is 1. The molecule has 5 aromatic rings. The number of fused-ring (bicyclic) bond motifs is 2. The van der Waals surface area contributed by atoms with Crippen molar-refractivity contribution >= 4 is 40.0 Å². The maximum absolute atomic E-state index is 14.3. The number of halogens is 1. The molecule has 0 radical (unpaired) electrons. The molecule has 41 heavy (non-hydrogen) atoms. The van der Waals surface area contributed by atoms with Crippen LogP contribution in [0, 0.1) is 5.92 Å². The molecule has 0 aliphatic carbocycles. The number of para-hydroxylation sites is 1. The van der Waals surface area contributed by atoms with Crippen LogP contribution in [-0.2, 0) is 11.8 Å². The van der Waals surface area contributed by atoms with Crippen LogP contribution in [-0.4, -0.2) is 27.3 Å². The molecule has 2 amide bonds. The van der Waals surface area contributed by atoms with E-state index in [0.29, 0.717) is 22.7 Å². The van der Waals surface area contributed by atoms with Crippen molar-refractivity contribution in [2.45, 2.75) is 32.4 Å². The Morgan fingerprint density at radius 3 is 2.27 bits per heavy atom. The Labute approximate surface area is 245 Å². The van der Waals surface area contributed by atoms with Crippen LogP contribution in [0.2, 0.25) is 5.02 Å². The molecule has 6 heteroatoms. The number of carbonyl (C=O) groups is 2. The number of nitrogens with zero attached hydrogens (tertiary/aromatic N) is 2. The topological polar surface area (TPSA) is 54.3 Å². The molecule has 1 aromatic heterocycles. The first-order valence-corrected chi connectivity index (χ1v) is 14.3. The summed E-state index contributed by atoms with van der Waals surface area (Å²) in [7, 11) is 2.07. The van der Waals surface area contributed by atoms with E-state index in [1.807, 2.05) is 59.5 Å². The Morgan fingerprint density at radius 2 is 1.54 bits per heavy atom. The molecular formula is C35H32ClN3O2. The van der Waals surface area contributed by atoms with Crippen LogP contribution in [0.4, 0.5) is 5.69 Å². The van der Waals surface area contributed by atoms with E-state index < -0.39 is 12.1 Å². The van der Waals surface area contributed by atoms with Crippen LogP contribution in [0.25, 0.3) is 22.2 Å². The predicted molar refractivity (Wildman–Crippen MR) is 166 cm³/mol. The molecule has 0 bridgehead atoms. The van der Waals surface area contributed by atoms with Crippen LogP contribution < -0.4 is 5.32 Å². The van der Waals surface area contributed by atoms with Crippen molar-refractivity contribution < 1.29 is 9.59 Å². The van der Waals surface area contributed by atoms with E-state index in [4.69, 9.17) is 11.6 Å². The highest BCUT2D eigenvalue weighted by molar-refractivity contribution is 6.30. The third kappa shape index (κ3) is 4.81. The Balaban J connectivity index is 1.57. The zero-order valence-corrected chi connectivity index (χ0v) is 24.1. The summed E-state index contributed by atoms with van der Waals surface area (Å²) < 4.78 is 2.20. The first kappa shape index (κ1) is 26.9. The van der Waals surface area contributed by atoms with Crippen molar-refractivity contribution in [3.8, 4) is 11.3 Å². The number of rotatable bonds is 7. The molecule has 5 nitrogen and oxygen atoms in total. The van der Waals surface area contributed by atoms with E-state index in [9.17, 15) is 9.59 Å². The molecule has 1 N–H and O–H groups in total. The second kappa shape index (κ2) is 10.9. The normalized spacial score (nSPS) is 15.4. The van der Waals surface area contributed by atoms with Crippen molar-refractivity contribution in [2.75, 3.05) is 5.32 Å². The van der Waals surface area contributed by atoms with Gasteiger partial charge in [-0.3, -0.25) is 9.59 Å². The second-order valence-corrected chi connectivity index (χ2v) is 11.5. The molecule has 1 aliphatic heterocycles. The molecule has 0 saturated heterocycles. The van der Waals surface area contributed by atoms with Gasteiger partial charge in [-0.15, -0.1) is 0 Å². The Kier molecular flexibility index (Phi) is 7.14. The molecule has 2 unspecified atom stereocenters. The highest BCUT2D eigenvalue weighted by atomic mass is 35.5. The van der Waals surface area contributed by atoms with Gasteiger partial charge in [0.15, 0.2) is 0 Å².